The van der Waals surface area contributed by atoms with E-state index in [1.165, 1.54) is 0 Å². The number of hydrogen-bond acceptors (Lipinski definition) is 6. The Morgan fingerprint density at radius 2 is 1.82 bits per heavy atom. The normalized spacial score (nSPS) is 19.8. The number of aliphatic carboxylic acids is 1. The lowest BCUT2D eigenvalue weighted by atomic mass is 10.00. The van der Waals surface area contributed by atoms with Gasteiger partial charge in [0.15, 0.2) is 0 Å². The first-order valence-electron chi connectivity index (χ1n) is 12.8. The van der Waals surface area contributed by atoms with Crippen LogP contribution in [0.5, 0.6) is 11.8 Å². The first-order chi connectivity index (χ1) is 18.4. The van der Waals surface area contributed by atoms with Gasteiger partial charge in [-0.3, -0.25) is 4.79 Å². The summed E-state index contributed by atoms with van der Waals surface area (Å²) in [7, 11) is 0. The van der Waals surface area contributed by atoms with Gasteiger partial charge in [-0.25, -0.2) is 9.97 Å². The molecule has 3 aromatic rings. The number of benzene rings is 1. The van der Waals surface area contributed by atoms with Crippen molar-refractivity contribution >= 4 is 5.97 Å². The predicted octanol–water partition coefficient (Wildman–Crippen LogP) is 5.64. The maximum atomic E-state index is 14.0. The molecule has 0 radical (unpaired) electrons. The third-order valence-corrected chi connectivity index (χ3v) is 7.26. The lowest BCUT2D eigenvalue weighted by molar-refractivity contribution is -0.139. The van der Waals surface area contributed by atoms with Crippen LogP contribution < -0.4 is 9.47 Å². The summed E-state index contributed by atoms with van der Waals surface area (Å²) in [4.78, 5) is 19.7. The highest BCUT2D eigenvalue weighted by Crippen LogP contribution is 2.61. The topological polar surface area (TPSA) is 102 Å². The van der Waals surface area contributed by atoms with Gasteiger partial charge in [0.1, 0.15) is 6.61 Å². The standard InChI is InChI=1S/C29H29F3N2O5/c1-28(2,37)7-4-8-38-24-12-22(29(30,31)32)20(13-33-24)17-6-3-5-16(9-17)15-39-23-11-18-10-19-25(21(18)14-34-23)26(19)27(35)36/h3,5-6,9,11-14,19,25-26,37H,4,7-8,10,15H2,1-2H3,(H,35,36). The summed E-state index contributed by atoms with van der Waals surface area (Å²) < 4.78 is 53.1. The van der Waals surface area contributed by atoms with Crippen LogP contribution in [0.3, 0.4) is 0 Å². The Kier molecular flexibility index (Phi) is 7.00. The first kappa shape index (κ1) is 26.9. The van der Waals surface area contributed by atoms with E-state index in [9.17, 15) is 28.2 Å². The fourth-order valence-corrected chi connectivity index (χ4v) is 5.33. The molecular weight excluding hydrogens is 513 g/mol. The van der Waals surface area contributed by atoms with E-state index >= 15 is 0 Å². The minimum absolute atomic E-state index is 0.0247. The minimum Gasteiger partial charge on any atom is -0.481 e. The second kappa shape index (κ2) is 10.1. The van der Waals surface area contributed by atoms with E-state index in [4.69, 9.17) is 9.47 Å². The van der Waals surface area contributed by atoms with Crippen LogP contribution in [0.15, 0.2) is 48.8 Å². The monoisotopic (exact) mass is 542 g/mol. The molecule has 2 aliphatic rings. The lowest BCUT2D eigenvalue weighted by Crippen LogP contribution is -2.19. The second-order valence-corrected chi connectivity index (χ2v) is 10.8. The molecule has 10 heteroatoms. The number of pyridine rings is 2. The summed E-state index contributed by atoms with van der Waals surface area (Å²) >= 11 is 0. The molecule has 2 heterocycles. The van der Waals surface area contributed by atoms with Crippen LogP contribution in [0.2, 0.25) is 0 Å². The third kappa shape index (κ3) is 6.00. The number of carbonyl (C=O) groups is 1. The summed E-state index contributed by atoms with van der Waals surface area (Å²) in [5.74, 6) is -0.704. The van der Waals surface area contributed by atoms with Crippen LogP contribution in [0.25, 0.3) is 11.1 Å². The highest BCUT2D eigenvalue weighted by molar-refractivity contribution is 5.77. The van der Waals surface area contributed by atoms with E-state index < -0.39 is 23.3 Å². The minimum atomic E-state index is -4.62. The van der Waals surface area contributed by atoms with Crippen molar-refractivity contribution in [2.45, 2.75) is 57.4 Å². The van der Waals surface area contributed by atoms with Crippen LogP contribution in [-0.4, -0.2) is 38.4 Å². The van der Waals surface area contributed by atoms with Crippen molar-refractivity contribution < 1.29 is 37.7 Å². The Balaban J connectivity index is 1.27. The van der Waals surface area contributed by atoms with Gasteiger partial charge in [-0.05, 0) is 67.3 Å². The van der Waals surface area contributed by atoms with Crippen molar-refractivity contribution in [3.63, 3.8) is 0 Å². The van der Waals surface area contributed by atoms with Crippen LogP contribution in [0, 0.1) is 11.8 Å². The molecule has 206 valence electrons. The summed E-state index contributed by atoms with van der Waals surface area (Å²) in [6.45, 7) is 3.55. The third-order valence-electron chi connectivity index (χ3n) is 7.26. The molecule has 0 aliphatic heterocycles. The molecule has 39 heavy (non-hydrogen) atoms. The van der Waals surface area contributed by atoms with Gasteiger partial charge in [-0.2, -0.15) is 13.2 Å². The molecule has 0 saturated heterocycles. The quantitative estimate of drug-likeness (QED) is 0.320. The smallest absolute Gasteiger partial charge is 0.417 e. The van der Waals surface area contributed by atoms with E-state index in [1.54, 1.807) is 44.3 Å². The van der Waals surface area contributed by atoms with Crippen molar-refractivity contribution in [2.75, 3.05) is 6.61 Å². The van der Waals surface area contributed by atoms with Crippen LogP contribution in [-0.2, 0) is 24.0 Å². The number of aliphatic hydroxyl groups is 1. The molecule has 3 atom stereocenters. The van der Waals surface area contributed by atoms with E-state index in [-0.39, 0.29) is 42.4 Å². The number of halogens is 3. The van der Waals surface area contributed by atoms with Gasteiger partial charge >= 0.3 is 12.1 Å². The van der Waals surface area contributed by atoms with Crippen molar-refractivity contribution in [3.8, 4) is 22.9 Å². The number of carboxylic acids is 1. The number of aromatic nitrogens is 2. The second-order valence-electron chi connectivity index (χ2n) is 10.8. The van der Waals surface area contributed by atoms with Crippen molar-refractivity contribution in [1.82, 2.24) is 9.97 Å². The van der Waals surface area contributed by atoms with Gasteiger partial charge in [0.2, 0.25) is 11.8 Å². The van der Waals surface area contributed by atoms with Gasteiger partial charge in [0.25, 0.3) is 0 Å². The molecule has 1 fully saturated rings. The molecule has 0 bridgehead atoms. The largest absolute Gasteiger partial charge is 0.481 e. The zero-order chi connectivity index (χ0) is 27.9. The average Bonchev–Trinajstić information content (AvgIpc) is 3.47. The van der Waals surface area contributed by atoms with Gasteiger partial charge < -0.3 is 19.7 Å². The van der Waals surface area contributed by atoms with Gasteiger partial charge in [0, 0.05) is 36.0 Å². The Bertz CT molecular complexity index is 1390. The number of rotatable bonds is 10. The molecule has 7 nitrogen and oxygen atoms in total. The zero-order valence-electron chi connectivity index (χ0n) is 21.5. The fraction of sp³-hybridized carbons (Fsp3) is 0.414. The van der Waals surface area contributed by atoms with Crippen molar-refractivity contribution in [2.24, 2.45) is 11.8 Å². The van der Waals surface area contributed by atoms with Crippen LogP contribution in [0.4, 0.5) is 13.2 Å². The van der Waals surface area contributed by atoms with Crippen molar-refractivity contribution in [1.29, 1.82) is 0 Å². The molecule has 1 aromatic carbocycles. The van der Waals surface area contributed by atoms with E-state index in [0.29, 0.717) is 36.3 Å². The highest BCUT2D eigenvalue weighted by Gasteiger charge is 2.59. The molecular formula is C29H29F3N2O5. The molecule has 1 saturated carbocycles. The van der Waals surface area contributed by atoms with E-state index in [0.717, 1.165) is 23.4 Å². The number of alkyl halides is 3. The molecule has 2 aromatic heterocycles. The Morgan fingerprint density at radius 1 is 1.08 bits per heavy atom. The Hall–Kier alpha value is -3.66. The van der Waals surface area contributed by atoms with Gasteiger partial charge in [-0.15, -0.1) is 0 Å². The van der Waals surface area contributed by atoms with E-state index in [2.05, 4.69) is 9.97 Å². The summed E-state index contributed by atoms with van der Waals surface area (Å²) in [5.41, 5.74) is 1.18. The highest BCUT2D eigenvalue weighted by atomic mass is 19.4. The van der Waals surface area contributed by atoms with Crippen LogP contribution in [0.1, 0.15) is 54.9 Å². The number of hydrogen-bond donors (Lipinski definition) is 2. The average molecular weight is 543 g/mol. The van der Waals surface area contributed by atoms with Crippen molar-refractivity contribution in [3.05, 3.63) is 71.0 Å². The summed E-state index contributed by atoms with van der Waals surface area (Å²) in [6.07, 6.45) is -0.197. The number of nitrogens with zero attached hydrogens (tertiary/aromatic N) is 2. The predicted molar refractivity (Wildman–Crippen MR) is 135 cm³/mol. The first-order valence-corrected chi connectivity index (χ1v) is 12.8. The molecule has 5 rings (SSSR count). The van der Waals surface area contributed by atoms with Crippen LogP contribution >= 0.6 is 0 Å². The molecule has 2 aliphatic carbocycles. The molecule has 2 N–H and O–H groups in total. The molecule has 3 unspecified atom stereocenters. The zero-order valence-corrected chi connectivity index (χ0v) is 21.5. The number of fused-ring (bicyclic) bond motifs is 3. The SMILES string of the molecule is CC(C)(O)CCCOc1cc(C(F)(F)F)c(-c2cccc(COc3cc4c(cn3)C3C(C4)C3C(=O)O)c2)cn1. The molecule has 0 spiro atoms. The van der Waals surface area contributed by atoms with Gasteiger partial charge in [-0.1, -0.05) is 18.2 Å². The van der Waals surface area contributed by atoms with E-state index in [1.807, 2.05) is 6.07 Å². The van der Waals surface area contributed by atoms with Gasteiger partial charge in [0.05, 0.1) is 23.7 Å². The lowest BCUT2D eigenvalue weighted by Gasteiger charge is -2.17. The maximum Gasteiger partial charge on any atom is 0.417 e. The molecule has 0 amide bonds. The maximum absolute atomic E-state index is 14.0. The summed E-state index contributed by atoms with van der Waals surface area (Å²) in [6, 6.07) is 9.33. The Labute approximate surface area is 223 Å². The summed E-state index contributed by atoms with van der Waals surface area (Å²) in [5, 5.41) is 19.0. The Morgan fingerprint density at radius 3 is 2.54 bits per heavy atom. The fourth-order valence-electron chi connectivity index (χ4n) is 5.33. The number of carboxylic acid groups (broad SMARTS) is 1. The number of ether oxygens (including phenoxy) is 2.